The summed E-state index contributed by atoms with van der Waals surface area (Å²) >= 11 is 5.52. The van der Waals surface area contributed by atoms with E-state index in [1.165, 1.54) is 25.7 Å². The van der Waals surface area contributed by atoms with Crippen molar-refractivity contribution in [2.45, 2.75) is 25.7 Å². The molecule has 2 nitrogen and oxygen atoms in total. The summed E-state index contributed by atoms with van der Waals surface area (Å²) in [5.74, 6) is 2.80. The van der Waals surface area contributed by atoms with Crippen LogP contribution in [0.15, 0.2) is 0 Å². The highest BCUT2D eigenvalue weighted by Crippen LogP contribution is 2.48. The number of nitrogens with zero attached hydrogens (tertiary/aromatic N) is 1. The second-order valence-electron chi connectivity index (χ2n) is 4.84. The van der Waals surface area contributed by atoms with Crippen LogP contribution >= 0.6 is 11.6 Å². The Morgan fingerprint density at radius 3 is 2.71 bits per heavy atom. The van der Waals surface area contributed by atoms with E-state index in [2.05, 4.69) is 0 Å². The molecule has 2 aliphatic carbocycles. The number of carbonyl (C=O) groups excluding carboxylic acids is 1. The van der Waals surface area contributed by atoms with Gasteiger partial charge in [0.05, 0.1) is 0 Å². The SMILES string of the molecule is CN(CC1CC2CCC1C2)C(=O)CCl. The van der Waals surface area contributed by atoms with Crippen LogP contribution in [-0.2, 0) is 4.79 Å². The van der Waals surface area contributed by atoms with E-state index in [1.807, 2.05) is 7.05 Å². The molecule has 0 spiro atoms. The zero-order valence-corrected chi connectivity index (χ0v) is 9.46. The normalized spacial score (nSPS) is 34.9. The Bertz CT molecular complexity index is 231. The van der Waals surface area contributed by atoms with Crippen molar-refractivity contribution < 1.29 is 4.79 Å². The van der Waals surface area contributed by atoms with Crippen LogP contribution in [-0.4, -0.2) is 30.3 Å². The lowest BCUT2D eigenvalue weighted by Crippen LogP contribution is -2.34. The molecule has 2 aliphatic rings. The summed E-state index contributed by atoms with van der Waals surface area (Å²) in [6.07, 6.45) is 5.56. The van der Waals surface area contributed by atoms with E-state index < -0.39 is 0 Å². The molecule has 0 aromatic carbocycles. The molecular weight excluding hydrogens is 198 g/mol. The fourth-order valence-electron chi connectivity index (χ4n) is 3.16. The van der Waals surface area contributed by atoms with Crippen molar-refractivity contribution in [1.29, 1.82) is 0 Å². The quantitative estimate of drug-likeness (QED) is 0.661. The number of fused-ring (bicyclic) bond motifs is 2. The molecule has 3 atom stereocenters. The maximum absolute atomic E-state index is 11.3. The number of hydrogen-bond donors (Lipinski definition) is 0. The molecule has 2 fully saturated rings. The minimum atomic E-state index is 0.0643. The topological polar surface area (TPSA) is 20.3 Å². The maximum atomic E-state index is 11.3. The Hall–Kier alpha value is -0.240. The Morgan fingerprint density at radius 2 is 2.21 bits per heavy atom. The summed E-state index contributed by atoms with van der Waals surface area (Å²) in [4.78, 5) is 13.1. The number of alkyl halides is 1. The van der Waals surface area contributed by atoms with Gasteiger partial charge in [-0.25, -0.2) is 0 Å². The molecule has 0 saturated heterocycles. The van der Waals surface area contributed by atoms with Crippen LogP contribution < -0.4 is 0 Å². The molecule has 0 aliphatic heterocycles. The van der Waals surface area contributed by atoms with Gasteiger partial charge in [0, 0.05) is 13.6 Å². The van der Waals surface area contributed by atoms with E-state index in [0.29, 0.717) is 0 Å². The highest BCUT2D eigenvalue weighted by molar-refractivity contribution is 6.27. The molecular formula is C11H18ClNO. The molecule has 3 unspecified atom stereocenters. The van der Waals surface area contributed by atoms with E-state index in [9.17, 15) is 4.79 Å². The molecule has 2 bridgehead atoms. The summed E-state index contributed by atoms with van der Waals surface area (Å²) in [5.41, 5.74) is 0. The molecule has 1 amide bonds. The number of rotatable bonds is 3. The summed E-state index contributed by atoms with van der Waals surface area (Å²) in [5, 5.41) is 0. The molecule has 2 saturated carbocycles. The predicted octanol–water partition coefficient (Wildman–Crippen LogP) is 2.12. The monoisotopic (exact) mass is 215 g/mol. The summed E-state index contributed by atoms with van der Waals surface area (Å²) in [6, 6.07) is 0. The Labute approximate surface area is 90.6 Å². The first kappa shape index (κ1) is 10.3. The van der Waals surface area contributed by atoms with Gasteiger partial charge in [0.25, 0.3) is 0 Å². The van der Waals surface area contributed by atoms with Crippen LogP contribution in [0, 0.1) is 17.8 Å². The first-order valence-electron chi connectivity index (χ1n) is 5.50. The van der Waals surface area contributed by atoms with E-state index in [-0.39, 0.29) is 11.8 Å². The fourth-order valence-corrected chi connectivity index (χ4v) is 3.36. The van der Waals surface area contributed by atoms with Crippen LogP contribution in [0.25, 0.3) is 0 Å². The third-order valence-electron chi connectivity index (χ3n) is 3.93. The van der Waals surface area contributed by atoms with E-state index >= 15 is 0 Å². The predicted molar refractivity (Wildman–Crippen MR) is 57.3 cm³/mol. The second kappa shape index (κ2) is 4.09. The third-order valence-corrected chi connectivity index (χ3v) is 4.16. The van der Waals surface area contributed by atoms with Crippen molar-refractivity contribution in [2.75, 3.05) is 19.5 Å². The Morgan fingerprint density at radius 1 is 1.43 bits per heavy atom. The smallest absolute Gasteiger partial charge is 0.237 e. The average molecular weight is 216 g/mol. The minimum absolute atomic E-state index is 0.0643. The standard InChI is InChI=1S/C11H18ClNO/c1-13(11(14)6-12)7-10-5-8-2-3-9(10)4-8/h8-10H,2-7H2,1H3. The van der Waals surface area contributed by atoms with Gasteiger partial charge in [0.15, 0.2) is 0 Å². The molecule has 14 heavy (non-hydrogen) atoms. The van der Waals surface area contributed by atoms with Crippen molar-refractivity contribution in [3.63, 3.8) is 0 Å². The molecule has 2 rings (SSSR count). The summed E-state index contributed by atoms with van der Waals surface area (Å²) < 4.78 is 0. The lowest BCUT2D eigenvalue weighted by molar-refractivity contribution is -0.128. The summed E-state index contributed by atoms with van der Waals surface area (Å²) in [7, 11) is 1.87. The van der Waals surface area contributed by atoms with Gasteiger partial charge in [0.1, 0.15) is 5.88 Å². The first-order valence-corrected chi connectivity index (χ1v) is 6.04. The van der Waals surface area contributed by atoms with Gasteiger partial charge in [-0.2, -0.15) is 0 Å². The van der Waals surface area contributed by atoms with Gasteiger partial charge < -0.3 is 4.90 Å². The van der Waals surface area contributed by atoms with Crippen LogP contribution in [0.5, 0.6) is 0 Å². The maximum Gasteiger partial charge on any atom is 0.237 e. The van der Waals surface area contributed by atoms with Gasteiger partial charge in [-0.3, -0.25) is 4.79 Å². The van der Waals surface area contributed by atoms with Crippen molar-refractivity contribution >= 4 is 17.5 Å². The first-order chi connectivity index (χ1) is 6.70. The van der Waals surface area contributed by atoms with Crippen LogP contribution in [0.3, 0.4) is 0 Å². The average Bonchev–Trinajstić information content (AvgIpc) is 2.77. The van der Waals surface area contributed by atoms with Gasteiger partial charge >= 0.3 is 0 Å². The zero-order valence-electron chi connectivity index (χ0n) is 8.71. The van der Waals surface area contributed by atoms with E-state index in [1.54, 1.807) is 4.90 Å². The highest BCUT2D eigenvalue weighted by atomic mass is 35.5. The van der Waals surface area contributed by atoms with Gasteiger partial charge in [-0.05, 0) is 37.0 Å². The third kappa shape index (κ3) is 1.90. The van der Waals surface area contributed by atoms with E-state index in [4.69, 9.17) is 11.6 Å². The van der Waals surface area contributed by atoms with Gasteiger partial charge in [-0.1, -0.05) is 6.42 Å². The van der Waals surface area contributed by atoms with Crippen molar-refractivity contribution in [1.82, 2.24) is 4.90 Å². The molecule has 3 heteroatoms. The Balaban J connectivity index is 1.83. The van der Waals surface area contributed by atoms with Crippen molar-refractivity contribution in [2.24, 2.45) is 17.8 Å². The molecule has 0 heterocycles. The highest BCUT2D eigenvalue weighted by Gasteiger charge is 2.39. The molecule has 0 radical (unpaired) electrons. The minimum Gasteiger partial charge on any atom is -0.344 e. The van der Waals surface area contributed by atoms with Crippen LogP contribution in [0.1, 0.15) is 25.7 Å². The van der Waals surface area contributed by atoms with Gasteiger partial charge in [-0.15, -0.1) is 11.6 Å². The number of amides is 1. The molecule has 0 aromatic heterocycles. The van der Waals surface area contributed by atoms with Gasteiger partial charge in [0.2, 0.25) is 5.91 Å². The van der Waals surface area contributed by atoms with Crippen LogP contribution in [0.4, 0.5) is 0 Å². The fraction of sp³-hybridized carbons (Fsp3) is 0.909. The largest absolute Gasteiger partial charge is 0.344 e. The van der Waals surface area contributed by atoms with Crippen LogP contribution in [0.2, 0.25) is 0 Å². The Kier molecular flexibility index (Phi) is 3.01. The molecule has 80 valence electrons. The number of carbonyl (C=O) groups is 1. The van der Waals surface area contributed by atoms with Crippen molar-refractivity contribution in [3.05, 3.63) is 0 Å². The molecule has 0 N–H and O–H groups in total. The lowest BCUT2D eigenvalue weighted by atomic mass is 9.88. The lowest BCUT2D eigenvalue weighted by Gasteiger charge is -2.26. The second-order valence-corrected chi connectivity index (χ2v) is 5.11. The number of hydrogen-bond acceptors (Lipinski definition) is 1. The zero-order chi connectivity index (χ0) is 10.1. The van der Waals surface area contributed by atoms with Crippen molar-refractivity contribution in [3.8, 4) is 0 Å². The van der Waals surface area contributed by atoms with E-state index in [0.717, 1.165) is 24.3 Å². The summed E-state index contributed by atoms with van der Waals surface area (Å²) in [6.45, 7) is 0.923. The number of halogens is 1. The molecule has 0 aromatic rings.